The van der Waals surface area contributed by atoms with Crippen molar-refractivity contribution >= 4 is 11.9 Å². The van der Waals surface area contributed by atoms with Gasteiger partial charge in [0, 0.05) is 25.9 Å². The Hall–Kier alpha value is -1.06. The monoisotopic (exact) mass is 267 g/mol. The molecular formula is C15H25NO3. The fourth-order valence-electron chi connectivity index (χ4n) is 2.90. The molecule has 0 aromatic rings. The summed E-state index contributed by atoms with van der Waals surface area (Å²) in [5.41, 5.74) is -0.416. The van der Waals surface area contributed by atoms with Crippen LogP contribution >= 0.6 is 0 Å². The molecule has 108 valence electrons. The highest BCUT2D eigenvalue weighted by atomic mass is 16.6. The number of hydrogen-bond donors (Lipinski definition) is 0. The summed E-state index contributed by atoms with van der Waals surface area (Å²) >= 11 is 0. The van der Waals surface area contributed by atoms with E-state index in [-0.39, 0.29) is 6.09 Å². The van der Waals surface area contributed by atoms with Crippen molar-refractivity contribution < 1.29 is 14.3 Å². The van der Waals surface area contributed by atoms with E-state index in [4.69, 9.17) is 4.74 Å². The Morgan fingerprint density at radius 3 is 2.26 bits per heavy atom. The molecule has 0 radical (unpaired) electrons. The zero-order valence-corrected chi connectivity index (χ0v) is 12.3. The average molecular weight is 267 g/mol. The fourth-order valence-corrected chi connectivity index (χ4v) is 2.90. The Balaban J connectivity index is 1.70. The number of carbonyl (C=O) groups excluding carboxylic acids is 2. The lowest BCUT2D eigenvalue weighted by molar-refractivity contribution is -0.127. The molecule has 0 atom stereocenters. The van der Waals surface area contributed by atoms with E-state index in [1.807, 2.05) is 25.7 Å². The van der Waals surface area contributed by atoms with Crippen LogP contribution in [0.25, 0.3) is 0 Å². The third-order valence-electron chi connectivity index (χ3n) is 3.97. The molecule has 1 amide bonds. The molecule has 2 rings (SSSR count). The molecule has 0 unspecified atom stereocenters. The molecule has 1 heterocycles. The summed E-state index contributed by atoms with van der Waals surface area (Å²) in [5.74, 6) is 1.71. The maximum Gasteiger partial charge on any atom is 0.410 e. The smallest absolute Gasteiger partial charge is 0.410 e. The molecule has 0 N–H and O–H groups in total. The number of ether oxygens (including phenoxy) is 1. The molecule has 0 spiro atoms. The van der Waals surface area contributed by atoms with Gasteiger partial charge in [-0.1, -0.05) is 0 Å². The summed E-state index contributed by atoms with van der Waals surface area (Å²) in [7, 11) is 0. The number of Topliss-reactive ketones (excluding diaryl/α,β-unsaturated/α-hetero) is 1. The van der Waals surface area contributed by atoms with Crippen molar-refractivity contribution in [2.75, 3.05) is 13.1 Å². The Kier molecular flexibility index (Phi) is 4.16. The Labute approximate surface area is 115 Å². The quantitative estimate of drug-likeness (QED) is 0.772. The zero-order chi connectivity index (χ0) is 14.0. The molecule has 0 aromatic heterocycles. The number of hydrogen-bond acceptors (Lipinski definition) is 3. The molecule has 4 nitrogen and oxygen atoms in total. The number of piperidine rings is 1. The van der Waals surface area contributed by atoms with Crippen molar-refractivity contribution in [2.45, 2.75) is 58.5 Å². The van der Waals surface area contributed by atoms with Gasteiger partial charge in [0.2, 0.25) is 0 Å². The standard InChI is InChI=1S/C15H25NO3/c1-15(2,3)19-14(18)16-6-4-11(5-7-16)8-12-9-13(17)10-12/h11-12H,4-10H2,1-3H3. The molecule has 1 saturated heterocycles. The molecule has 0 aromatic carbocycles. The van der Waals surface area contributed by atoms with Gasteiger partial charge in [0.1, 0.15) is 11.4 Å². The molecule has 0 bridgehead atoms. The van der Waals surface area contributed by atoms with Gasteiger partial charge in [-0.15, -0.1) is 0 Å². The zero-order valence-electron chi connectivity index (χ0n) is 12.3. The molecule has 2 aliphatic rings. The van der Waals surface area contributed by atoms with E-state index >= 15 is 0 Å². The van der Waals surface area contributed by atoms with Crippen LogP contribution in [-0.4, -0.2) is 35.5 Å². The first-order valence-corrected chi connectivity index (χ1v) is 7.33. The predicted octanol–water partition coefficient (Wildman–Crippen LogP) is 3.00. The highest BCUT2D eigenvalue weighted by molar-refractivity contribution is 5.84. The van der Waals surface area contributed by atoms with Crippen LogP contribution in [0.1, 0.15) is 52.9 Å². The first-order chi connectivity index (χ1) is 8.83. The first-order valence-electron chi connectivity index (χ1n) is 7.33. The van der Waals surface area contributed by atoms with Crippen molar-refractivity contribution in [1.82, 2.24) is 4.90 Å². The average Bonchev–Trinajstić information content (AvgIpc) is 2.25. The second kappa shape index (κ2) is 5.51. The van der Waals surface area contributed by atoms with Gasteiger partial charge >= 0.3 is 6.09 Å². The molecule has 4 heteroatoms. The minimum atomic E-state index is -0.416. The van der Waals surface area contributed by atoms with Crippen LogP contribution in [0.4, 0.5) is 4.79 Å². The summed E-state index contributed by atoms with van der Waals surface area (Å²) in [5, 5.41) is 0. The normalized spacial score (nSPS) is 22.3. The van der Waals surface area contributed by atoms with E-state index in [0.717, 1.165) is 45.2 Å². The lowest BCUT2D eigenvalue weighted by Gasteiger charge is -2.36. The molecule has 1 saturated carbocycles. The van der Waals surface area contributed by atoms with E-state index in [1.165, 1.54) is 0 Å². The van der Waals surface area contributed by atoms with Crippen molar-refractivity contribution in [3.63, 3.8) is 0 Å². The van der Waals surface area contributed by atoms with E-state index in [0.29, 0.717) is 17.6 Å². The second-order valence-corrected chi connectivity index (χ2v) is 6.96. The number of nitrogens with zero attached hydrogens (tertiary/aromatic N) is 1. The predicted molar refractivity (Wildman–Crippen MR) is 72.9 cm³/mol. The minimum Gasteiger partial charge on any atom is -0.444 e. The van der Waals surface area contributed by atoms with E-state index in [2.05, 4.69) is 0 Å². The molecule has 1 aliphatic heterocycles. The van der Waals surface area contributed by atoms with Gasteiger partial charge in [0.25, 0.3) is 0 Å². The van der Waals surface area contributed by atoms with Crippen LogP contribution in [0.3, 0.4) is 0 Å². The third-order valence-corrected chi connectivity index (χ3v) is 3.97. The second-order valence-electron chi connectivity index (χ2n) is 6.96. The Morgan fingerprint density at radius 2 is 1.79 bits per heavy atom. The van der Waals surface area contributed by atoms with Gasteiger partial charge in [0.15, 0.2) is 0 Å². The lowest BCUT2D eigenvalue weighted by Crippen LogP contribution is -2.42. The van der Waals surface area contributed by atoms with Gasteiger partial charge in [-0.05, 0) is 51.9 Å². The number of likely N-dealkylation sites (tertiary alicyclic amines) is 1. The van der Waals surface area contributed by atoms with E-state index in [9.17, 15) is 9.59 Å². The van der Waals surface area contributed by atoms with Crippen LogP contribution in [0.5, 0.6) is 0 Å². The van der Waals surface area contributed by atoms with Crippen molar-refractivity contribution in [1.29, 1.82) is 0 Å². The molecule has 1 aliphatic carbocycles. The van der Waals surface area contributed by atoms with Crippen molar-refractivity contribution in [3.8, 4) is 0 Å². The summed E-state index contributed by atoms with van der Waals surface area (Å²) in [6, 6.07) is 0. The summed E-state index contributed by atoms with van der Waals surface area (Å²) in [6.45, 7) is 7.27. The number of rotatable bonds is 2. The van der Waals surface area contributed by atoms with Crippen LogP contribution < -0.4 is 0 Å². The van der Waals surface area contributed by atoms with E-state index < -0.39 is 5.60 Å². The number of ketones is 1. The van der Waals surface area contributed by atoms with Gasteiger partial charge in [0.05, 0.1) is 0 Å². The van der Waals surface area contributed by atoms with E-state index in [1.54, 1.807) is 0 Å². The number of amides is 1. The van der Waals surface area contributed by atoms with Gasteiger partial charge < -0.3 is 9.64 Å². The maximum absolute atomic E-state index is 11.9. The topological polar surface area (TPSA) is 46.6 Å². The highest BCUT2D eigenvalue weighted by Gasteiger charge is 2.32. The van der Waals surface area contributed by atoms with Crippen LogP contribution in [0.2, 0.25) is 0 Å². The fraction of sp³-hybridized carbons (Fsp3) is 0.867. The largest absolute Gasteiger partial charge is 0.444 e. The highest BCUT2D eigenvalue weighted by Crippen LogP contribution is 2.33. The van der Waals surface area contributed by atoms with Gasteiger partial charge in [-0.25, -0.2) is 4.79 Å². The van der Waals surface area contributed by atoms with Gasteiger partial charge in [-0.3, -0.25) is 4.79 Å². The van der Waals surface area contributed by atoms with Gasteiger partial charge in [-0.2, -0.15) is 0 Å². The third kappa shape index (κ3) is 4.22. The lowest BCUT2D eigenvalue weighted by atomic mass is 9.76. The molecular weight excluding hydrogens is 242 g/mol. The van der Waals surface area contributed by atoms with Crippen molar-refractivity contribution in [2.24, 2.45) is 11.8 Å². The SMILES string of the molecule is CC(C)(C)OC(=O)N1CCC(CC2CC(=O)C2)CC1. The Bertz CT molecular complexity index is 343. The van der Waals surface area contributed by atoms with Crippen molar-refractivity contribution in [3.05, 3.63) is 0 Å². The molecule has 19 heavy (non-hydrogen) atoms. The summed E-state index contributed by atoms with van der Waals surface area (Å²) in [4.78, 5) is 24.7. The molecule has 2 fully saturated rings. The summed E-state index contributed by atoms with van der Waals surface area (Å²) < 4.78 is 5.38. The Morgan fingerprint density at radius 1 is 1.21 bits per heavy atom. The van der Waals surface area contributed by atoms with Crippen LogP contribution in [0, 0.1) is 11.8 Å². The number of carbonyl (C=O) groups is 2. The first kappa shape index (κ1) is 14.4. The maximum atomic E-state index is 11.9. The van der Waals surface area contributed by atoms with Crippen LogP contribution in [-0.2, 0) is 9.53 Å². The summed E-state index contributed by atoms with van der Waals surface area (Å²) in [6.07, 6.45) is 4.63. The minimum absolute atomic E-state index is 0.190. The van der Waals surface area contributed by atoms with Crippen LogP contribution in [0.15, 0.2) is 0 Å².